The molecule has 6 heteroatoms. The molecule has 0 aliphatic carbocycles. The van der Waals surface area contributed by atoms with Crippen LogP contribution in [0.3, 0.4) is 0 Å². The predicted octanol–water partition coefficient (Wildman–Crippen LogP) is 0.942. The van der Waals surface area contributed by atoms with Crippen molar-refractivity contribution in [3.63, 3.8) is 0 Å². The third kappa shape index (κ3) is 1.83. The van der Waals surface area contributed by atoms with Crippen molar-refractivity contribution in [1.82, 2.24) is 4.90 Å². The maximum absolute atomic E-state index is 12.3. The van der Waals surface area contributed by atoms with E-state index in [1.807, 2.05) is 6.07 Å². The summed E-state index contributed by atoms with van der Waals surface area (Å²) in [5, 5.41) is -0.237. The van der Waals surface area contributed by atoms with E-state index in [0.29, 0.717) is 11.3 Å². The van der Waals surface area contributed by atoms with Crippen molar-refractivity contribution >= 4 is 29.4 Å². The molecule has 2 fully saturated rings. The maximum Gasteiger partial charge on any atom is 0.329 e. The highest BCUT2D eigenvalue weighted by atomic mass is 32.2. The van der Waals surface area contributed by atoms with E-state index in [-0.39, 0.29) is 17.1 Å². The van der Waals surface area contributed by atoms with Crippen molar-refractivity contribution in [2.45, 2.75) is 11.4 Å². The highest BCUT2D eigenvalue weighted by Gasteiger charge is 2.59. The number of hydrogen-bond acceptors (Lipinski definition) is 5. The Morgan fingerprint density at radius 2 is 2.00 bits per heavy atom. The second kappa shape index (κ2) is 4.94. The monoisotopic (exact) mass is 291 g/mol. The number of methoxy groups -OCH3 is 1. The van der Waals surface area contributed by atoms with E-state index in [4.69, 9.17) is 0 Å². The average Bonchev–Trinajstić information content (AvgIpc) is 2.86. The number of esters is 1. The molecule has 5 nitrogen and oxygen atoms in total. The van der Waals surface area contributed by atoms with Crippen molar-refractivity contribution < 1.29 is 19.1 Å². The topological polar surface area (TPSA) is 63.7 Å². The first-order valence-electron chi connectivity index (χ1n) is 6.26. The summed E-state index contributed by atoms with van der Waals surface area (Å²) in [6.07, 6.45) is 0. The minimum atomic E-state index is -0.669. The van der Waals surface area contributed by atoms with Crippen molar-refractivity contribution in [2.75, 3.05) is 12.9 Å². The van der Waals surface area contributed by atoms with Gasteiger partial charge in [-0.05, 0) is 0 Å². The summed E-state index contributed by atoms with van der Waals surface area (Å²) in [4.78, 5) is 37.6. The van der Waals surface area contributed by atoms with Crippen LogP contribution in [-0.4, -0.2) is 46.8 Å². The fraction of sp³-hybridized carbons (Fsp3) is 0.357. The van der Waals surface area contributed by atoms with Crippen LogP contribution in [0.5, 0.6) is 0 Å². The van der Waals surface area contributed by atoms with Gasteiger partial charge in [0.25, 0.3) is 0 Å². The van der Waals surface area contributed by atoms with Gasteiger partial charge in [-0.1, -0.05) is 30.3 Å². The van der Waals surface area contributed by atoms with Crippen LogP contribution in [0.25, 0.3) is 0 Å². The minimum Gasteiger partial charge on any atom is -0.467 e. The Kier molecular flexibility index (Phi) is 3.25. The number of thioether (sulfide) groups is 1. The lowest BCUT2D eigenvalue weighted by molar-refractivity contribution is -0.160. The van der Waals surface area contributed by atoms with Gasteiger partial charge < -0.3 is 9.64 Å². The number of Topliss-reactive ketones (excluding diaryl/α,β-unsaturated/α-hetero) is 1. The fourth-order valence-electron chi connectivity index (χ4n) is 2.61. The zero-order chi connectivity index (χ0) is 14.3. The Balaban J connectivity index is 1.78. The molecule has 3 atom stereocenters. The molecule has 0 unspecified atom stereocenters. The Labute approximate surface area is 120 Å². The molecule has 0 saturated carbocycles. The van der Waals surface area contributed by atoms with Crippen molar-refractivity contribution in [3.05, 3.63) is 35.9 Å². The molecular weight excluding hydrogens is 278 g/mol. The Morgan fingerprint density at radius 1 is 1.30 bits per heavy atom. The molecule has 2 heterocycles. The molecule has 2 aliphatic rings. The first-order chi connectivity index (χ1) is 9.65. The normalized spacial score (nSPS) is 27.8. The van der Waals surface area contributed by atoms with Crippen LogP contribution < -0.4 is 0 Å². The summed E-state index contributed by atoms with van der Waals surface area (Å²) in [6.45, 7) is 0. The first-order valence-corrected chi connectivity index (χ1v) is 7.31. The summed E-state index contributed by atoms with van der Waals surface area (Å²) in [5.41, 5.74) is 0.535. The molecule has 0 aromatic heterocycles. The Morgan fingerprint density at radius 3 is 2.65 bits per heavy atom. The number of hydrogen-bond donors (Lipinski definition) is 0. The molecule has 1 aromatic carbocycles. The van der Waals surface area contributed by atoms with Crippen LogP contribution in [0.15, 0.2) is 30.3 Å². The van der Waals surface area contributed by atoms with Gasteiger partial charge in [0.05, 0.1) is 12.5 Å². The van der Waals surface area contributed by atoms with Gasteiger partial charge in [-0.3, -0.25) is 9.59 Å². The van der Waals surface area contributed by atoms with Gasteiger partial charge in [0.1, 0.15) is 12.0 Å². The Bertz CT molecular complexity index is 574. The van der Waals surface area contributed by atoms with Crippen LogP contribution >= 0.6 is 11.8 Å². The number of amides is 1. The quantitative estimate of drug-likeness (QED) is 0.359. The van der Waals surface area contributed by atoms with E-state index in [9.17, 15) is 14.4 Å². The molecule has 0 spiro atoms. The number of carbonyl (C=O) groups excluding carboxylic acids is 3. The number of fused-ring (bicyclic) bond motifs is 1. The van der Waals surface area contributed by atoms with Gasteiger partial charge in [0.2, 0.25) is 5.91 Å². The highest BCUT2D eigenvalue weighted by Crippen LogP contribution is 2.44. The number of benzene rings is 1. The lowest BCUT2D eigenvalue weighted by Crippen LogP contribution is -2.63. The third-order valence-electron chi connectivity index (χ3n) is 3.65. The molecular formula is C14H13NO4S. The summed E-state index contributed by atoms with van der Waals surface area (Å²) >= 11 is 1.46. The predicted molar refractivity (Wildman–Crippen MR) is 73.2 cm³/mol. The van der Waals surface area contributed by atoms with Gasteiger partial charge in [-0.15, -0.1) is 11.8 Å². The lowest BCUT2D eigenvalue weighted by Gasteiger charge is -2.42. The van der Waals surface area contributed by atoms with Gasteiger partial charge in [-0.2, -0.15) is 0 Å². The van der Waals surface area contributed by atoms with Gasteiger partial charge in [-0.25, -0.2) is 4.79 Å². The van der Waals surface area contributed by atoms with Gasteiger partial charge in [0.15, 0.2) is 5.78 Å². The van der Waals surface area contributed by atoms with Crippen molar-refractivity contribution in [1.29, 1.82) is 0 Å². The van der Waals surface area contributed by atoms with Crippen LogP contribution in [0.4, 0.5) is 0 Å². The maximum atomic E-state index is 12.3. The number of ketones is 1. The fourth-order valence-corrected chi connectivity index (χ4v) is 4.13. The largest absolute Gasteiger partial charge is 0.467 e. The van der Waals surface area contributed by atoms with E-state index >= 15 is 0 Å². The molecule has 0 radical (unpaired) electrons. The number of nitrogens with zero attached hydrogens (tertiary/aromatic N) is 1. The molecule has 2 saturated heterocycles. The van der Waals surface area contributed by atoms with E-state index in [0.717, 1.165) is 0 Å². The van der Waals surface area contributed by atoms with Gasteiger partial charge >= 0.3 is 5.97 Å². The molecule has 3 rings (SSSR count). The molecule has 1 amide bonds. The molecule has 0 N–H and O–H groups in total. The summed E-state index contributed by atoms with van der Waals surface area (Å²) in [5.74, 6) is -1.04. The molecule has 0 bridgehead atoms. The van der Waals surface area contributed by atoms with E-state index in [2.05, 4.69) is 4.74 Å². The van der Waals surface area contributed by atoms with Crippen LogP contribution in [-0.2, 0) is 14.3 Å². The van der Waals surface area contributed by atoms with E-state index in [1.165, 1.54) is 23.8 Å². The number of carbonyl (C=O) groups is 3. The van der Waals surface area contributed by atoms with E-state index < -0.39 is 17.9 Å². The third-order valence-corrected chi connectivity index (χ3v) is 5.00. The van der Waals surface area contributed by atoms with Crippen LogP contribution in [0, 0.1) is 5.92 Å². The lowest BCUT2D eigenvalue weighted by atomic mass is 9.88. The molecule has 2 aliphatic heterocycles. The van der Waals surface area contributed by atoms with Crippen LogP contribution in [0.1, 0.15) is 10.4 Å². The van der Waals surface area contributed by atoms with Gasteiger partial charge in [0, 0.05) is 11.3 Å². The average molecular weight is 291 g/mol. The summed E-state index contributed by atoms with van der Waals surface area (Å²) in [7, 11) is 1.30. The number of β-lactam (4-membered cyclic amide) rings is 1. The summed E-state index contributed by atoms with van der Waals surface area (Å²) in [6, 6.07) is 8.22. The zero-order valence-corrected chi connectivity index (χ0v) is 11.6. The second-order valence-electron chi connectivity index (χ2n) is 4.72. The smallest absolute Gasteiger partial charge is 0.329 e. The standard InChI is InChI=1S/C14H13NO4S/c1-19-14(18)9-7-20-13-10(12(17)15(9)13)11(16)8-5-3-2-4-6-8/h2-6,9-10,13H,7H2,1H3/t9-,10+,13-/m0/s1. The molecule has 104 valence electrons. The zero-order valence-electron chi connectivity index (χ0n) is 10.8. The summed E-state index contributed by atoms with van der Waals surface area (Å²) < 4.78 is 4.68. The second-order valence-corrected chi connectivity index (χ2v) is 5.87. The first kappa shape index (κ1) is 13.2. The SMILES string of the molecule is COC(=O)[C@@H]1CS[C@H]2[C@H](C(=O)c3ccccc3)C(=O)N12. The molecule has 1 aromatic rings. The van der Waals surface area contributed by atoms with E-state index in [1.54, 1.807) is 24.3 Å². The molecule has 20 heavy (non-hydrogen) atoms. The van der Waals surface area contributed by atoms with Crippen molar-refractivity contribution in [2.24, 2.45) is 5.92 Å². The minimum absolute atomic E-state index is 0.171. The highest BCUT2D eigenvalue weighted by molar-refractivity contribution is 8.00. The number of rotatable bonds is 3. The van der Waals surface area contributed by atoms with Crippen molar-refractivity contribution in [3.8, 4) is 0 Å². The van der Waals surface area contributed by atoms with Crippen LogP contribution in [0.2, 0.25) is 0 Å². The Hall–Kier alpha value is -1.82. The number of ether oxygens (including phenoxy) is 1.